The molecule has 0 saturated heterocycles. The van der Waals surface area contributed by atoms with E-state index in [9.17, 15) is 0 Å². The van der Waals surface area contributed by atoms with Crippen LogP contribution >= 0.6 is 0 Å². The Balaban J connectivity index is 3.03. The third kappa shape index (κ3) is 1.02. The van der Waals surface area contributed by atoms with E-state index in [-0.39, 0.29) is 0 Å². The lowest BCUT2D eigenvalue weighted by Gasteiger charge is -1.99. The van der Waals surface area contributed by atoms with Gasteiger partial charge in [-0.15, -0.1) is 0 Å². The van der Waals surface area contributed by atoms with Crippen molar-refractivity contribution in [1.82, 2.24) is 20.0 Å². The van der Waals surface area contributed by atoms with E-state index in [1.807, 2.05) is 32.5 Å². The normalized spacial score (nSPS) is 11.1. The Labute approximate surface area is 76.6 Å². The Hall–Kier alpha value is -1.45. The smallest absolute Gasteiger partial charge is 0.0931 e. The van der Waals surface area contributed by atoms with Gasteiger partial charge in [0, 0.05) is 12.4 Å². The molecule has 4 heteroatoms. The maximum absolute atomic E-state index is 4.35. The van der Waals surface area contributed by atoms with Gasteiger partial charge in [-0.05, 0) is 20.8 Å². The highest BCUT2D eigenvalue weighted by Gasteiger charge is 2.11. The zero-order valence-corrected chi connectivity index (χ0v) is 8.29. The maximum Gasteiger partial charge on any atom is 0.0931 e. The van der Waals surface area contributed by atoms with Gasteiger partial charge < -0.3 is 0 Å². The molecule has 0 aliphatic rings. The summed E-state index contributed by atoms with van der Waals surface area (Å²) in [5.74, 6) is 0. The minimum Gasteiger partial charge on any atom is -0.266 e. The zero-order valence-electron chi connectivity index (χ0n) is 8.29. The molecule has 0 unspecified atom stereocenters. The fraction of sp³-hybridized carbons (Fsp3) is 0.444. The van der Waals surface area contributed by atoms with Gasteiger partial charge in [0.2, 0.25) is 0 Å². The first-order valence-corrected chi connectivity index (χ1v) is 4.24. The second-order valence-electron chi connectivity index (χ2n) is 3.30. The standard InChI is InChI=1S/C9H12N4/c1-5-8-6(2)12-13(4)9(8)7(3)11-10-5/h1-4H3. The van der Waals surface area contributed by atoms with Gasteiger partial charge in [0.25, 0.3) is 0 Å². The molecule has 0 fully saturated rings. The van der Waals surface area contributed by atoms with Crippen LogP contribution in [0.5, 0.6) is 0 Å². The molecule has 0 bridgehead atoms. The Morgan fingerprint density at radius 3 is 2.15 bits per heavy atom. The van der Waals surface area contributed by atoms with Crippen LogP contribution in [0.25, 0.3) is 10.9 Å². The number of aryl methyl sites for hydroxylation is 4. The molecule has 4 nitrogen and oxygen atoms in total. The summed E-state index contributed by atoms with van der Waals surface area (Å²) in [6.07, 6.45) is 0. The van der Waals surface area contributed by atoms with Gasteiger partial charge in [0.15, 0.2) is 0 Å². The highest BCUT2D eigenvalue weighted by molar-refractivity contribution is 5.85. The second-order valence-corrected chi connectivity index (χ2v) is 3.30. The number of hydrogen-bond acceptors (Lipinski definition) is 3. The summed E-state index contributed by atoms with van der Waals surface area (Å²) in [6.45, 7) is 5.91. The monoisotopic (exact) mass is 176 g/mol. The second kappa shape index (κ2) is 2.52. The van der Waals surface area contributed by atoms with Crippen molar-refractivity contribution in [3.05, 3.63) is 17.1 Å². The molecule has 2 aromatic heterocycles. The quantitative estimate of drug-likeness (QED) is 0.607. The topological polar surface area (TPSA) is 43.6 Å². The summed E-state index contributed by atoms with van der Waals surface area (Å²) in [5, 5.41) is 13.6. The van der Waals surface area contributed by atoms with Crippen LogP contribution in [-0.2, 0) is 7.05 Å². The minimum absolute atomic E-state index is 0.934. The average Bonchev–Trinajstić information content (AvgIpc) is 2.36. The van der Waals surface area contributed by atoms with Crippen LogP contribution in [-0.4, -0.2) is 20.0 Å². The van der Waals surface area contributed by atoms with Crippen LogP contribution in [0, 0.1) is 20.8 Å². The first-order valence-electron chi connectivity index (χ1n) is 4.24. The van der Waals surface area contributed by atoms with Gasteiger partial charge >= 0.3 is 0 Å². The molecule has 0 saturated carbocycles. The number of rotatable bonds is 0. The van der Waals surface area contributed by atoms with E-state index < -0.39 is 0 Å². The number of nitrogens with zero attached hydrogens (tertiary/aromatic N) is 4. The Kier molecular flexibility index (Phi) is 1.58. The van der Waals surface area contributed by atoms with E-state index in [1.165, 1.54) is 0 Å². The molecule has 2 heterocycles. The molecule has 0 spiro atoms. The fourth-order valence-corrected chi connectivity index (χ4v) is 1.75. The molecule has 0 aliphatic carbocycles. The van der Waals surface area contributed by atoms with Crippen molar-refractivity contribution in [1.29, 1.82) is 0 Å². The molecular weight excluding hydrogens is 164 g/mol. The van der Waals surface area contributed by atoms with Crippen molar-refractivity contribution in [3.8, 4) is 0 Å². The van der Waals surface area contributed by atoms with Crippen molar-refractivity contribution in [3.63, 3.8) is 0 Å². The summed E-state index contributed by atoms with van der Waals surface area (Å²) in [5.41, 5.74) is 3.99. The van der Waals surface area contributed by atoms with Crippen molar-refractivity contribution >= 4 is 10.9 Å². The van der Waals surface area contributed by atoms with Crippen molar-refractivity contribution < 1.29 is 0 Å². The van der Waals surface area contributed by atoms with Crippen LogP contribution in [0.4, 0.5) is 0 Å². The molecule has 2 rings (SSSR count). The zero-order chi connectivity index (χ0) is 9.59. The van der Waals surface area contributed by atoms with Crippen LogP contribution in [0.1, 0.15) is 17.1 Å². The number of hydrogen-bond donors (Lipinski definition) is 0. The van der Waals surface area contributed by atoms with Crippen LogP contribution in [0.2, 0.25) is 0 Å². The molecule has 0 radical (unpaired) electrons. The Morgan fingerprint density at radius 2 is 1.54 bits per heavy atom. The third-order valence-corrected chi connectivity index (χ3v) is 2.28. The predicted molar refractivity (Wildman–Crippen MR) is 50.5 cm³/mol. The molecule has 0 amide bonds. The summed E-state index contributed by atoms with van der Waals surface area (Å²) < 4.78 is 1.86. The van der Waals surface area contributed by atoms with Gasteiger partial charge in [0.1, 0.15) is 0 Å². The van der Waals surface area contributed by atoms with Crippen molar-refractivity contribution in [2.45, 2.75) is 20.8 Å². The molecule has 0 atom stereocenters. The van der Waals surface area contributed by atoms with Gasteiger partial charge in [0.05, 0.1) is 22.6 Å². The van der Waals surface area contributed by atoms with Gasteiger partial charge in [-0.3, -0.25) is 4.68 Å². The number of fused-ring (bicyclic) bond motifs is 1. The first-order chi connectivity index (χ1) is 6.11. The summed E-state index contributed by atoms with van der Waals surface area (Å²) in [6, 6.07) is 0. The largest absolute Gasteiger partial charge is 0.266 e. The Bertz CT molecular complexity index is 428. The van der Waals surface area contributed by atoms with Gasteiger partial charge in [-0.25, -0.2) is 0 Å². The molecule has 13 heavy (non-hydrogen) atoms. The third-order valence-electron chi connectivity index (χ3n) is 2.28. The molecule has 0 aromatic carbocycles. The average molecular weight is 176 g/mol. The van der Waals surface area contributed by atoms with Crippen LogP contribution in [0.3, 0.4) is 0 Å². The van der Waals surface area contributed by atoms with E-state index in [2.05, 4.69) is 15.3 Å². The summed E-state index contributed by atoms with van der Waals surface area (Å²) in [7, 11) is 1.93. The van der Waals surface area contributed by atoms with E-state index >= 15 is 0 Å². The highest BCUT2D eigenvalue weighted by Crippen LogP contribution is 2.20. The lowest BCUT2D eigenvalue weighted by Crippen LogP contribution is -1.96. The van der Waals surface area contributed by atoms with E-state index in [0.717, 1.165) is 28.0 Å². The molecular formula is C9H12N4. The van der Waals surface area contributed by atoms with E-state index in [4.69, 9.17) is 0 Å². The fourth-order valence-electron chi connectivity index (χ4n) is 1.75. The minimum atomic E-state index is 0.934. The predicted octanol–water partition coefficient (Wildman–Crippen LogP) is 1.29. The van der Waals surface area contributed by atoms with Crippen LogP contribution in [0.15, 0.2) is 0 Å². The first kappa shape index (κ1) is 8.16. The lowest BCUT2D eigenvalue weighted by atomic mass is 10.2. The maximum atomic E-state index is 4.35. The SMILES string of the molecule is Cc1nnc(C)c2c1c(C)nn2C. The van der Waals surface area contributed by atoms with Crippen LogP contribution < -0.4 is 0 Å². The summed E-state index contributed by atoms with van der Waals surface area (Å²) in [4.78, 5) is 0. The molecule has 0 N–H and O–H groups in total. The van der Waals surface area contributed by atoms with Crippen molar-refractivity contribution in [2.24, 2.45) is 7.05 Å². The highest BCUT2D eigenvalue weighted by atomic mass is 15.3. The molecule has 2 aromatic rings. The van der Waals surface area contributed by atoms with Gasteiger partial charge in [-0.1, -0.05) is 0 Å². The molecule has 68 valence electrons. The number of aromatic nitrogens is 4. The van der Waals surface area contributed by atoms with E-state index in [1.54, 1.807) is 0 Å². The Morgan fingerprint density at radius 1 is 0.923 bits per heavy atom. The van der Waals surface area contributed by atoms with Gasteiger partial charge in [-0.2, -0.15) is 15.3 Å². The lowest BCUT2D eigenvalue weighted by molar-refractivity contribution is 0.777. The van der Waals surface area contributed by atoms with E-state index in [0.29, 0.717) is 0 Å². The van der Waals surface area contributed by atoms with Crippen molar-refractivity contribution in [2.75, 3.05) is 0 Å². The molecule has 0 aliphatic heterocycles. The summed E-state index contributed by atoms with van der Waals surface area (Å²) >= 11 is 0.